The third-order valence-corrected chi connectivity index (χ3v) is 4.08. The average molecular weight is 285 g/mol. The van der Waals surface area contributed by atoms with Crippen LogP contribution in [0.4, 0.5) is 0 Å². The van der Waals surface area contributed by atoms with Crippen LogP contribution in [0.3, 0.4) is 0 Å². The van der Waals surface area contributed by atoms with E-state index < -0.39 is 0 Å². The Bertz CT molecular complexity index is 418. The highest BCUT2D eigenvalue weighted by atomic mass is 32.2. The van der Waals surface area contributed by atoms with Crippen molar-refractivity contribution in [2.24, 2.45) is 7.05 Å². The molecule has 19 heavy (non-hydrogen) atoms. The molecular formula is C13H23N3O2S. The maximum Gasteiger partial charge on any atom is 0.224 e. The average Bonchev–Trinajstić information content (AvgIpc) is 2.60. The predicted molar refractivity (Wildman–Crippen MR) is 78.4 cm³/mol. The normalized spacial score (nSPS) is 10.7. The van der Waals surface area contributed by atoms with Gasteiger partial charge in [0.15, 0.2) is 0 Å². The fourth-order valence-corrected chi connectivity index (χ4v) is 2.61. The van der Waals surface area contributed by atoms with E-state index >= 15 is 0 Å². The monoisotopic (exact) mass is 285 g/mol. The summed E-state index contributed by atoms with van der Waals surface area (Å²) in [4.78, 5) is 11.8. The minimum atomic E-state index is 0.0435. The summed E-state index contributed by atoms with van der Waals surface area (Å²) >= 11 is 1.75. The van der Waals surface area contributed by atoms with Gasteiger partial charge in [0.25, 0.3) is 0 Å². The van der Waals surface area contributed by atoms with Gasteiger partial charge >= 0.3 is 0 Å². The zero-order valence-electron chi connectivity index (χ0n) is 11.9. The molecule has 0 spiro atoms. The zero-order valence-corrected chi connectivity index (χ0v) is 12.7. The lowest BCUT2D eigenvalue weighted by Gasteiger charge is -2.05. The SMILES string of the molecule is Cc1nn(C)c(C)c1CC(=O)NCCSCCCO. The Hall–Kier alpha value is -1.01. The molecule has 0 atom stereocenters. The van der Waals surface area contributed by atoms with E-state index in [1.165, 1.54) is 0 Å². The second-order valence-electron chi connectivity index (χ2n) is 4.49. The van der Waals surface area contributed by atoms with Crippen molar-refractivity contribution in [1.82, 2.24) is 15.1 Å². The molecule has 0 fully saturated rings. The minimum absolute atomic E-state index is 0.0435. The highest BCUT2D eigenvalue weighted by molar-refractivity contribution is 7.99. The van der Waals surface area contributed by atoms with Crippen LogP contribution in [0, 0.1) is 13.8 Å². The van der Waals surface area contributed by atoms with Crippen LogP contribution in [-0.2, 0) is 18.3 Å². The fourth-order valence-electron chi connectivity index (χ4n) is 1.83. The second kappa shape index (κ2) is 8.22. The highest BCUT2D eigenvalue weighted by Crippen LogP contribution is 2.12. The number of hydrogen-bond donors (Lipinski definition) is 2. The largest absolute Gasteiger partial charge is 0.396 e. The van der Waals surface area contributed by atoms with E-state index in [1.54, 1.807) is 11.8 Å². The maximum absolute atomic E-state index is 11.8. The number of thioether (sulfide) groups is 1. The van der Waals surface area contributed by atoms with Crippen LogP contribution in [0.2, 0.25) is 0 Å². The molecule has 5 nitrogen and oxygen atoms in total. The van der Waals surface area contributed by atoms with Crippen molar-refractivity contribution < 1.29 is 9.90 Å². The first-order chi connectivity index (χ1) is 9.06. The van der Waals surface area contributed by atoms with Gasteiger partial charge in [-0.25, -0.2) is 0 Å². The summed E-state index contributed by atoms with van der Waals surface area (Å²) in [5, 5.41) is 15.9. The lowest BCUT2D eigenvalue weighted by atomic mass is 10.1. The third-order valence-electron chi connectivity index (χ3n) is 3.01. The van der Waals surface area contributed by atoms with Crippen molar-refractivity contribution in [2.45, 2.75) is 26.7 Å². The summed E-state index contributed by atoms with van der Waals surface area (Å²) < 4.78 is 1.81. The quantitative estimate of drug-likeness (QED) is 0.694. The highest BCUT2D eigenvalue weighted by Gasteiger charge is 2.12. The number of aliphatic hydroxyl groups is 1. The van der Waals surface area contributed by atoms with Crippen LogP contribution in [0.25, 0.3) is 0 Å². The lowest BCUT2D eigenvalue weighted by molar-refractivity contribution is -0.120. The minimum Gasteiger partial charge on any atom is -0.396 e. The molecule has 2 N–H and O–H groups in total. The molecule has 0 radical (unpaired) electrons. The zero-order chi connectivity index (χ0) is 14.3. The van der Waals surface area contributed by atoms with Crippen molar-refractivity contribution in [3.8, 4) is 0 Å². The molecule has 0 aliphatic carbocycles. The summed E-state index contributed by atoms with van der Waals surface area (Å²) in [6, 6.07) is 0. The van der Waals surface area contributed by atoms with Crippen molar-refractivity contribution in [3.05, 3.63) is 17.0 Å². The first-order valence-electron chi connectivity index (χ1n) is 6.50. The molecule has 0 aliphatic heterocycles. The number of aryl methyl sites for hydroxylation is 2. The Balaban J connectivity index is 2.28. The van der Waals surface area contributed by atoms with Crippen LogP contribution >= 0.6 is 11.8 Å². The number of nitrogens with one attached hydrogen (secondary N) is 1. The van der Waals surface area contributed by atoms with Gasteiger partial charge in [-0.1, -0.05) is 0 Å². The van der Waals surface area contributed by atoms with Gasteiger partial charge in [-0.3, -0.25) is 9.48 Å². The van der Waals surface area contributed by atoms with Gasteiger partial charge in [0, 0.05) is 37.2 Å². The summed E-state index contributed by atoms with van der Waals surface area (Å²) in [7, 11) is 1.89. The van der Waals surface area contributed by atoms with Gasteiger partial charge in [-0.15, -0.1) is 0 Å². The first-order valence-corrected chi connectivity index (χ1v) is 7.66. The molecule has 0 aromatic carbocycles. The number of nitrogens with zero attached hydrogens (tertiary/aromatic N) is 2. The van der Waals surface area contributed by atoms with Gasteiger partial charge in [0.1, 0.15) is 0 Å². The lowest BCUT2D eigenvalue weighted by Crippen LogP contribution is -2.27. The van der Waals surface area contributed by atoms with Gasteiger partial charge in [-0.2, -0.15) is 16.9 Å². The molecule has 108 valence electrons. The summed E-state index contributed by atoms with van der Waals surface area (Å²) in [6.45, 7) is 4.82. The summed E-state index contributed by atoms with van der Waals surface area (Å²) in [6.07, 6.45) is 1.21. The van der Waals surface area contributed by atoms with Gasteiger partial charge < -0.3 is 10.4 Å². The molecule has 0 unspecified atom stereocenters. The van der Waals surface area contributed by atoms with Gasteiger partial charge in [-0.05, 0) is 26.0 Å². The van der Waals surface area contributed by atoms with E-state index in [2.05, 4.69) is 10.4 Å². The standard InChI is InChI=1S/C13H23N3O2S/c1-10-12(11(2)16(3)15-10)9-13(18)14-5-8-19-7-4-6-17/h17H,4-9H2,1-3H3,(H,14,18). The van der Waals surface area contributed by atoms with E-state index in [0.29, 0.717) is 13.0 Å². The molecular weight excluding hydrogens is 262 g/mol. The van der Waals surface area contributed by atoms with Crippen LogP contribution < -0.4 is 5.32 Å². The predicted octanol–water partition coefficient (Wildman–Crippen LogP) is 0.811. The molecule has 1 rings (SSSR count). The van der Waals surface area contributed by atoms with Crippen molar-refractivity contribution >= 4 is 17.7 Å². The Morgan fingerprint density at radius 2 is 2.16 bits per heavy atom. The van der Waals surface area contributed by atoms with E-state index in [9.17, 15) is 4.79 Å². The number of hydrogen-bond acceptors (Lipinski definition) is 4. The Kier molecular flexibility index (Phi) is 6.94. The van der Waals surface area contributed by atoms with Gasteiger partial charge in [0.2, 0.25) is 5.91 Å². The topological polar surface area (TPSA) is 67.2 Å². The molecule has 1 heterocycles. The number of rotatable bonds is 8. The van der Waals surface area contributed by atoms with Crippen molar-refractivity contribution in [2.75, 3.05) is 24.7 Å². The number of aromatic nitrogens is 2. The Morgan fingerprint density at radius 1 is 1.42 bits per heavy atom. The van der Waals surface area contributed by atoms with Crippen LogP contribution in [0.15, 0.2) is 0 Å². The van der Waals surface area contributed by atoms with E-state index in [-0.39, 0.29) is 12.5 Å². The number of carbonyl (C=O) groups is 1. The number of amides is 1. The smallest absolute Gasteiger partial charge is 0.224 e. The van der Waals surface area contributed by atoms with Crippen molar-refractivity contribution in [3.63, 3.8) is 0 Å². The van der Waals surface area contributed by atoms with Gasteiger partial charge in [0.05, 0.1) is 12.1 Å². The van der Waals surface area contributed by atoms with Crippen LogP contribution in [0.1, 0.15) is 23.4 Å². The van der Waals surface area contributed by atoms with Crippen LogP contribution in [-0.4, -0.2) is 45.5 Å². The maximum atomic E-state index is 11.8. The molecule has 0 aliphatic rings. The van der Waals surface area contributed by atoms with E-state index in [4.69, 9.17) is 5.11 Å². The number of carbonyl (C=O) groups excluding carboxylic acids is 1. The second-order valence-corrected chi connectivity index (χ2v) is 5.71. The summed E-state index contributed by atoms with van der Waals surface area (Å²) in [5.41, 5.74) is 2.99. The van der Waals surface area contributed by atoms with E-state index in [1.807, 2.05) is 25.6 Å². The molecule has 6 heteroatoms. The molecule has 1 amide bonds. The van der Waals surface area contributed by atoms with E-state index in [0.717, 1.165) is 34.9 Å². The molecule has 1 aromatic heterocycles. The van der Waals surface area contributed by atoms with Crippen LogP contribution in [0.5, 0.6) is 0 Å². The molecule has 0 saturated carbocycles. The molecule has 0 saturated heterocycles. The first kappa shape index (κ1) is 16.0. The Morgan fingerprint density at radius 3 is 2.74 bits per heavy atom. The molecule has 1 aromatic rings. The third kappa shape index (κ3) is 5.24. The van der Waals surface area contributed by atoms with Crippen molar-refractivity contribution in [1.29, 1.82) is 0 Å². The Labute approximate surface area is 118 Å². The summed E-state index contributed by atoms with van der Waals surface area (Å²) in [5.74, 6) is 1.87. The molecule has 0 bridgehead atoms. The fraction of sp³-hybridized carbons (Fsp3) is 0.692. The number of aliphatic hydroxyl groups excluding tert-OH is 1.